The summed E-state index contributed by atoms with van der Waals surface area (Å²) in [6.45, 7) is 9.78. The Bertz CT molecular complexity index is 436. The van der Waals surface area contributed by atoms with Gasteiger partial charge in [-0.25, -0.2) is 0 Å². The molecule has 100 valence electrons. The molecule has 0 fully saturated rings. The summed E-state index contributed by atoms with van der Waals surface area (Å²) >= 11 is 0. The summed E-state index contributed by atoms with van der Waals surface area (Å²) in [7, 11) is 0. The fourth-order valence-corrected chi connectivity index (χ4v) is 1.95. The van der Waals surface area contributed by atoms with Gasteiger partial charge in [-0.3, -0.25) is 9.69 Å². The molecule has 0 saturated heterocycles. The number of ether oxygens (including phenoxy) is 1. The van der Waals surface area contributed by atoms with E-state index in [-0.39, 0.29) is 12.0 Å². The zero-order valence-electron chi connectivity index (χ0n) is 11.4. The number of nitrogens with zero attached hydrogens (tertiary/aromatic N) is 4. The molecular weight excluding hydrogens is 232 g/mol. The van der Waals surface area contributed by atoms with Crippen molar-refractivity contribution in [1.29, 1.82) is 0 Å². The number of esters is 1. The Kier molecular flexibility index (Phi) is 3.38. The van der Waals surface area contributed by atoms with Gasteiger partial charge < -0.3 is 9.30 Å². The van der Waals surface area contributed by atoms with Crippen molar-refractivity contribution in [2.45, 2.75) is 52.4 Å². The van der Waals surface area contributed by atoms with Crippen LogP contribution >= 0.6 is 0 Å². The summed E-state index contributed by atoms with van der Waals surface area (Å²) in [5.74, 6) is 0.715. The summed E-state index contributed by atoms with van der Waals surface area (Å²) in [6, 6.07) is -0.255. The summed E-state index contributed by atoms with van der Waals surface area (Å²) in [6.07, 6.45) is 1.73. The van der Waals surface area contributed by atoms with Crippen LogP contribution in [-0.4, -0.2) is 43.8 Å². The molecule has 0 radical (unpaired) electrons. The molecular formula is C12H20N4O2. The molecule has 18 heavy (non-hydrogen) atoms. The Balaban J connectivity index is 1.99. The lowest BCUT2D eigenvalue weighted by molar-refractivity contribution is -0.161. The van der Waals surface area contributed by atoms with Crippen molar-refractivity contribution < 1.29 is 9.53 Å². The van der Waals surface area contributed by atoms with Gasteiger partial charge in [0.1, 0.15) is 23.8 Å². The molecule has 6 nitrogen and oxygen atoms in total. The largest absolute Gasteiger partial charge is 0.459 e. The highest BCUT2D eigenvalue weighted by Crippen LogP contribution is 2.16. The number of aromatic nitrogens is 3. The number of rotatable bonds is 2. The molecule has 2 rings (SSSR count). The molecule has 1 aliphatic heterocycles. The quantitative estimate of drug-likeness (QED) is 0.729. The maximum atomic E-state index is 12.0. The van der Waals surface area contributed by atoms with E-state index < -0.39 is 5.60 Å². The van der Waals surface area contributed by atoms with Crippen LogP contribution in [0.1, 0.15) is 33.5 Å². The van der Waals surface area contributed by atoms with Crippen molar-refractivity contribution in [2.24, 2.45) is 0 Å². The van der Waals surface area contributed by atoms with E-state index in [0.29, 0.717) is 6.54 Å². The third kappa shape index (κ3) is 2.87. The van der Waals surface area contributed by atoms with E-state index in [1.165, 1.54) is 0 Å². The molecule has 0 amide bonds. The van der Waals surface area contributed by atoms with Gasteiger partial charge in [0.2, 0.25) is 0 Å². The lowest BCUT2D eigenvalue weighted by atomic mass is 10.2. The van der Waals surface area contributed by atoms with Crippen LogP contribution in [0, 0.1) is 0 Å². The second-order valence-electron chi connectivity index (χ2n) is 5.62. The Morgan fingerprint density at radius 1 is 1.44 bits per heavy atom. The monoisotopic (exact) mass is 252 g/mol. The number of hydrogen-bond donors (Lipinski definition) is 0. The van der Waals surface area contributed by atoms with Crippen LogP contribution in [0.2, 0.25) is 0 Å². The molecule has 1 aromatic rings. The van der Waals surface area contributed by atoms with E-state index in [0.717, 1.165) is 18.9 Å². The lowest BCUT2D eigenvalue weighted by Gasteiger charge is -2.32. The highest BCUT2D eigenvalue weighted by molar-refractivity contribution is 5.75. The van der Waals surface area contributed by atoms with Crippen LogP contribution in [0.15, 0.2) is 6.33 Å². The Labute approximate surface area is 107 Å². The van der Waals surface area contributed by atoms with E-state index >= 15 is 0 Å². The number of carbonyl (C=O) groups is 1. The van der Waals surface area contributed by atoms with Crippen molar-refractivity contribution in [2.75, 3.05) is 6.54 Å². The first-order chi connectivity index (χ1) is 8.37. The second kappa shape index (κ2) is 4.68. The van der Waals surface area contributed by atoms with Gasteiger partial charge in [-0.2, -0.15) is 0 Å². The third-order valence-electron chi connectivity index (χ3n) is 2.96. The molecule has 0 aliphatic carbocycles. The van der Waals surface area contributed by atoms with Gasteiger partial charge in [-0.1, -0.05) is 0 Å². The van der Waals surface area contributed by atoms with Crippen molar-refractivity contribution >= 4 is 5.97 Å². The average Bonchev–Trinajstić information content (AvgIpc) is 2.72. The summed E-state index contributed by atoms with van der Waals surface area (Å²) < 4.78 is 7.41. The topological polar surface area (TPSA) is 60.2 Å². The van der Waals surface area contributed by atoms with Gasteiger partial charge in [0.05, 0.1) is 6.54 Å². The first-order valence-electron chi connectivity index (χ1n) is 6.20. The highest BCUT2D eigenvalue weighted by atomic mass is 16.6. The fourth-order valence-electron chi connectivity index (χ4n) is 1.95. The van der Waals surface area contributed by atoms with Crippen LogP contribution in [0.3, 0.4) is 0 Å². The molecule has 0 spiro atoms. The van der Waals surface area contributed by atoms with E-state index in [1.54, 1.807) is 6.33 Å². The maximum absolute atomic E-state index is 12.0. The Morgan fingerprint density at radius 3 is 2.83 bits per heavy atom. The molecule has 6 heteroatoms. The predicted octanol–water partition coefficient (Wildman–Crippen LogP) is 0.824. The smallest absolute Gasteiger partial charge is 0.323 e. The first-order valence-corrected chi connectivity index (χ1v) is 6.20. The minimum absolute atomic E-state index is 0.185. The Morgan fingerprint density at radius 2 is 2.17 bits per heavy atom. The minimum Gasteiger partial charge on any atom is -0.459 e. The van der Waals surface area contributed by atoms with E-state index in [2.05, 4.69) is 15.1 Å². The molecule has 1 atom stereocenters. The first kappa shape index (κ1) is 13.0. The Hall–Kier alpha value is -1.43. The average molecular weight is 252 g/mol. The van der Waals surface area contributed by atoms with Crippen LogP contribution in [0.5, 0.6) is 0 Å². The van der Waals surface area contributed by atoms with E-state index in [4.69, 9.17) is 4.74 Å². The van der Waals surface area contributed by atoms with Crippen molar-refractivity contribution in [1.82, 2.24) is 19.7 Å². The fraction of sp³-hybridized carbons (Fsp3) is 0.750. The molecule has 1 unspecified atom stereocenters. The second-order valence-corrected chi connectivity index (χ2v) is 5.62. The number of hydrogen-bond acceptors (Lipinski definition) is 5. The summed E-state index contributed by atoms with van der Waals surface area (Å²) in [5, 5.41) is 7.91. The number of carbonyl (C=O) groups excluding carboxylic acids is 1. The van der Waals surface area contributed by atoms with Gasteiger partial charge in [0, 0.05) is 13.1 Å². The predicted molar refractivity (Wildman–Crippen MR) is 65.7 cm³/mol. The van der Waals surface area contributed by atoms with Gasteiger partial charge >= 0.3 is 5.97 Å². The SMILES string of the molecule is CC(C(=O)OC(C)(C)C)N1CCn2cnnc2C1. The lowest BCUT2D eigenvalue weighted by Crippen LogP contribution is -2.46. The van der Waals surface area contributed by atoms with Crippen molar-refractivity contribution in [3.8, 4) is 0 Å². The molecule has 0 aromatic carbocycles. The molecule has 0 bridgehead atoms. The van der Waals surface area contributed by atoms with Crippen LogP contribution in [-0.2, 0) is 22.6 Å². The van der Waals surface area contributed by atoms with Crippen LogP contribution in [0.25, 0.3) is 0 Å². The van der Waals surface area contributed by atoms with Gasteiger partial charge in [0.25, 0.3) is 0 Å². The van der Waals surface area contributed by atoms with E-state index in [9.17, 15) is 4.79 Å². The molecule has 1 aliphatic rings. The normalized spacial score (nSPS) is 18.2. The van der Waals surface area contributed by atoms with E-state index in [1.807, 2.05) is 32.3 Å². The molecule has 2 heterocycles. The maximum Gasteiger partial charge on any atom is 0.323 e. The van der Waals surface area contributed by atoms with Gasteiger partial charge in [0.15, 0.2) is 0 Å². The van der Waals surface area contributed by atoms with Crippen LogP contribution in [0.4, 0.5) is 0 Å². The highest BCUT2D eigenvalue weighted by Gasteiger charge is 2.29. The molecule has 0 saturated carbocycles. The van der Waals surface area contributed by atoms with Crippen molar-refractivity contribution in [3.63, 3.8) is 0 Å². The third-order valence-corrected chi connectivity index (χ3v) is 2.96. The molecule has 0 N–H and O–H groups in total. The van der Waals surface area contributed by atoms with Crippen molar-refractivity contribution in [3.05, 3.63) is 12.2 Å². The zero-order valence-corrected chi connectivity index (χ0v) is 11.4. The summed E-state index contributed by atoms with van der Waals surface area (Å²) in [4.78, 5) is 14.1. The van der Waals surface area contributed by atoms with Crippen LogP contribution < -0.4 is 0 Å². The van der Waals surface area contributed by atoms with Gasteiger partial charge in [-0.15, -0.1) is 10.2 Å². The standard InChI is InChI=1S/C12H20N4O2/c1-9(11(17)18-12(2,3)4)15-5-6-16-8-13-14-10(16)7-15/h8-9H,5-7H2,1-4H3. The zero-order chi connectivity index (χ0) is 13.3. The minimum atomic E-state index is -0.443. The van der Waals surface area contributed by atoms with Gasteiger partial charge in [-0.05, 0) is 27.7 Å². The summed E-state index contributed by atoms with van der Waals surface area (Å²) in [5.41, 5.74) is -0.443. The number of fused-ring (bicyclic) bond motifs is 1. The molecule has 1 aromatic heterocycles.